The van der Waals surface area contributed by atoms with Gasteiger partial charge in [0.25, 0.3) is 0 Å². The first-order valence-corrected chi connectivity index (χ1v) is 7.87. The molecule has 0 heterocycles. The highest BCUT2D eigenvalue weighted by Gasteiger charge is 2.31. The molecule has 0 bridgehead atoms. The fraction of sp³-hybridized carbons (Fsp3) is 0.562. The number of hydrogen-bond donors (Lipinski definition) is 2. The van der Waals surface area contributed by atoms with Crippen molar-refractivity contribution >= 4 is 21.9 Å². The summed E-state index contributed by atoms with van der Waals surface area (Å²) in [4.78, 5) is 11.4. The first kappa shape index (κ1) is 15.4. The predicted octanol–water partition coefficient (Wildman–Crippen LogP) is 4.08. The van der Waals surface area contributed by atoms with Gasteiger partial charge >= 0.3 is 5.97 Å². The van der Waals surface area contributed by atoms with Gasteiger partial charge < -0.3 is 10.2 Å². The van der Waals surface area contributed by atoms with E-state index in [9.17, 15) is 15.0 Å². The number of aliphatic carboxylic acids is 1. The summed E-state index contributed by atoms with van der Waals surface area (Å²) in [6, 6.07) is 1.99. The highest BCUT2D eigenvalue weighted by molar-refractivity contribution is 9.10. The molecule has 110 valence electrons. The minimum absolute atomic E-state index is 0.208. The lowest BCUT2D eigenvalue weighted by Gasteiger charge is -2.23. The number of carbonyl (C=O) groups is 1. The van der Waals surface area contributed by atoms with Crippen LogP contribution in [0.5, 0.6) is 5.75 Å². The number of benzene rings is 1. The Balaban J connectivity index is 2.50. The molecule has 0 aliphatic heterocycles. The summed E-state index contributed by atoms with van der Waals surface area (Å²) in [5.41, 5.74) is 2.35. The first-order chi connectivity index (χ1) is 9.33. The van der Waals surface area contributed by atoms with Crippen molar-refractivity contribution in [1.82, 2.24) is 0 Å². The summed E-state index contributed by atoms with van der Waals surface area (Å²) in [5.74, 6) is -0.626. The highest BCUT2D eigenvalue weighted by Crippen LogP contribution is 2.39. The van der Waals surface area contributed by atoms with Crippen LogP contribution in [0.4, 0.5) is 0 Å². The van der Waals surface area contributed by atoms with Crippen LogP contribution in [0.1, 0.15) is 49.8 Å². The molecule has 3 nitrogen and oxygen atoms in total. The Hall–Kier alpha value is -1.03. The third kappa shape index (κ3) is 3.00. The van der Waals surface area contributed by atoms with Crippen LogP contribution in [-0.2, 0) is 24.1 Å². The van der Waals surface area contributed by atoms with Crippen LogP contribution in [0, 0.1) is 5.41 Å². The quantitative estimate of drug-likeness (QED) is 0.815. The fourth-order valence-electron chi connectivity index (χ4n) is 2.83. The highest BCUT2D eigenvalue weighted by atomic mass is 79.9. The van der Waals surface area contributed by atoms with E-state index in [4.69, 9.17) is 0 Å². The zero-order chi connectivity index (χ0) is 14.9. The van der Waals surface area contributed by atoms with Gasteiger partial charge in [0.15, 0.2) is 0 Å². The first-order valence-electron chi connectivity index (χ1n) is 7.08. The van der Waals surface area contributed by atoms with Crippen LogP contribution >= 0.6 is 15.9 Å². The predicted molar refractivity (Wildman–Crippen MR) is 82.2 cm³/mol. The smallest absolute Gasteiger partial charge is 0.309 e. The molecule has 0 fully saturated rings. The van der Waals surface area contributed by atoms with E-state index in [2.05, 4.69) is 15.9 Å². The summed E-state index contributed by atoms with van der Waals surface area (Å²) >= 11 is 3.40. The second-order valence-corrected chi connectivity index (χ2v) is 7.10. The van der Waals surface area contributed by atoms with Gasteiger partial charge in [-0.25, -0.2) is 0 Å². The Labute approximate surface area is 128 Å². The molecular formula is C16H21BrO3. The maximum atomic E-state index is 11.4. The van der Waals surface area contributed by atoms with Gasteiger partial charge in [0.1, 0.15) is 5.75 Å². The van der Waals surface area contributed by atoms with Crippen molar-refractivity contribution < 1.29 is 15.0 Å². The van der Waals surface area contributed by atoms with Crippen molar-refractivity contribution in [2.45, 2.75) is 52.4 Å². The Bertz CT molecular complexity index is 535. The molecule has 0 saturated heterocycles. The zero-order valence-electron chi connectivity index (χ0n) is 12.0. The monoisotopic (exact) mass is 340 g/mol. The van der Waals surface area contributed by atoms with Crippen molar-refractivity contribution in [3.63, 3.8) is 0 Å². The SMILES string of the molecule is CC(C)(Cc1c(O)c(Br)cc2c1CCCCC2)C(=O)O. The van der Waals surface area contributed by atoms with Gasteiger partial charge in [-0.15, -0.1) is 0 Å². The molecule has 20 heavy (non-hydrogen) atoms. The van der Waals surface area contributed by atoms with E-state index in [0.29, 0.717) is 10.9 Å². The molecule has 0 aromatic heterocycles. The van der Waals surface area contributed by atoms with Gasteiger partial charge in [0.05, 0.1) is 9.89 Å². The number of aromatic hydroxyl groups is 1. The minimum atomic E-state index is -0.877. The Morgan fingerprint density at radius 3 is 2.60 bits per heavy atom. The van der Waals surface area contributed by atoms with Gasteiger partial charge in [-0.1, -0.05) is 6.42 Å². The van der Waals surface area contributed by atoms with Crippen molar-refractivity contribution in [3.05, 3.63) is 27.2 Å². The number of halogens is 1. The maximum Gasteiger partial charge on any atom is 0.309 e. The van der Waals surface area contributed by atoms with Crippen LogP contribution in [0.2, 0.25) is 0 Å². The van der Waals surface area contributed by atoms with Crippen LogP contribution in [-0.4, -0.2) is 16.2 Å². The van der Waals surface area contributed by atoms with E-state index in [0.717, 1.165) is 36.8 Å². The molecule has 4 heteroatoms. The fourth-order valence-corrected chi connectivity index (χ4v) is 3.34. The average Bonchev–Trinajstić information content (AvgIpc) is 2.59. The van der Waals surface area contributed by atoms with Crippen molar-refractivity contribution in [3.8, 4) is 5.75 Å². The number of rotatable bonds is 3. The molecular weight excluding hydrogens is 320 g/mol. The summed E-state index contributed by atoms with van der Waals surface area (Å²) in [6.07, 6.45) is 5.75. The van der Waals surface area contributed by atoms with E-state index in [1.165, 1.54) is 12.0 Å². The van der Waals surface area contributed by atoms with Crippen molar-refractivity contribution in [2.75, 3.05) is 0 Å². The molecule has 1 aromatic rings. The molecule has 0 atom stereocenters. The van der Waals surface area contributed by atoms with Crippen molar-refractivity contribution in [2.24, 2.45) is 5.41 Å². The molecule has 1 aliphatic rings. The Morgan fingerprint density at radius 2 is 1.95 bits per heavy atom. The number of carboxylic acids is 1. The Kier molecular flexibility index (Phi) is 4.43. The number of fused-ring (bicyclic) bond motifs is 1. The van der Waals surface area contributed by atoms with Crippen LogP contribution in [0.25, 0.3) is 0 Å². The van der Waals surface area contributed by atoms with Gasteiger partial charge in [-0.2, -0.15) is 0 Å². The van der Waals surface area contributed by atoms with Crippen LogP contribution in [0.15, 0.2) is 10.5 Å². The van der Waals surface area contributed by atoms with Gasteiger partial charge in [-0.3, -0.25) is 4.79 Å². The number of carboxylic acid groups (broad SMARTS) is 1. The molecule has 0 radical (unpaired) electrons. The summed E-state index contributed by atoms with van der Waals surface area (Å²) < 4.78 is 0.675. The largest absolute Gasteiger partial charge is 0.506 e. The van der Waals surface area contributed by atoms with E-state index in [1.54, 1.807) is 13.8 Å². The molecule has 2 N–H and O–H groups in total. The van der Waals surface area contributed by atoms with Gasteiger partial charge in [0.2, 0.25) is 0 Å². The summed E-state index contributed by atoms with van der Waals surface area (Å²) in [6.45, 7) is 3.41. The van der Waals surface area contributed by atoms with E-state index in [-0.39, 0.29) is 5.75 Å². The van der Waals surface area contributed by atoms with Crippen molar-refractivity contribution in [1.29, 1.82) is 0 Å². The lowest BCUT2D eigenvalue weighted by molar-refractivity contribution is -0.146. The lowest BCUT2D eigenvalue weighted by atomic mass is 9.82. The average molecular weight is 341 g/mol. The topological polar surface area (TPSA) is 57.5 Å². The van der Waals surface area contributed by atoms with Gasteiger partial charge in [0, 0.05) is 0 Å². The second-order valence-electron chi connectivity index (χ2n) is 6.25. The maximum absolute atomic E-state index is 11.4. The Morgan fingerprint density at radius 1 is 1.30 bits per heavy atom. The van der Waals surface area contributed by atoms with Crippen LogP contribution in [0.3, 0.4) is 0 Å². The third-order valence-corrected chi connectivity index (χ3v) is 4.74. The molecule has 2 rings (SSSR count). The number of phenols is 1. The number of aryl methyl sites for hydroxylation is 1. The minimum Gasteiger partial charge on any atom is -0.506 e. The third-order valence-electron chi connectivity index (χ3n) is 4.14. The zero-order valence-corrected chi connectivity index (χ0v) is 13.6. The second kappa shape index (κ2) is 5.76. The van der Waals surface area contributed by atoms with E-state index < -0.39 is 11.4 Å². The lowest BCUT2D eigenvalue weighted by Crippen LogP contribution is -2.27. The van der Waals surface area contributed by atoms with E-state index in [1.807, 2.05) is 6.07 Å². The number of hydrogen-bond acceptors (Lipinski definition) is 2. The van der Waals surface area contributed by atoms with Crippen LogP contribution < -0.4 is 0 Å². The number of phenolic OH excluding ortho intramolecular Hbond substituents is 1. The van der Waals surface area contributed by atoms with E-state index >= 15 is 0 Å². The summed E-state index contributed by atoms with van der Waals surface area (Å²) in [5, 5.41) is 19.7. The molecule has 1 aliphatic carbocycles. The standard InChI is InChI=1S/C16H21BrO3/c1-16(2,15(19)20)9-12-11-7-5-3-4-6-10(11)8-13(17)14(12)18/h8,18H,3-7,9H2,1-2H3,(H,19,20). The normalized spacial score (nSPS) is 15.6. The summed E-state index contributed by atoms with van der Waals surface area (Å²) in [7, 11) is 0. The molecule has 0 saturated carbocycles. The molecule has 0 unspecified atom stereocenters. The molecule has 0 amide bonds. The molecule has 0 spiro atoms. The molecule has 1 aromatic carbocycles. The van der Waals surface area contributed by atoms with Gasteiger partial charge in [-0.05, 0) is 84.6 Å².